The number of benzene rings is 2. The Bertz CT molecular complexity index is 791. The van der Waals surface area contributed by atoms with Gasteiger partial charge in [-0.3, -0.25) is 0 Å². The van der Waals surface area contributed by atoms with Crippen LogP contribution in [-0.2, 0) is 18.4 Å². The lowest BCUT2D eigenvalue weighted by molar-refractivity contribution is 0.330. The van der Waals surface area contributed by atoms with Gasteiger partial charge in [0.05, 0.1) is 0 Å². The molecule has 3 aromatic rings. The Morgan fingerprint density at radius 1 is 0.962 bits per heavy atom. The standard InChI is InChI=1S/C24H30N2/c1-4-12-22(23-25-17-18-26(23)5-2)24(3,21-15-10-7-11-16-21)19-20-13-8-6-9-14-20/h6-11,13-18,22H,4-5,12,19H2,1-3H3. The second-order valence-electron chi connectivity index (χ2n) is 7.36. The van der Waals surface area contributed by atoms with E-state index in [1.54, 1.807) is 0 Å². The molecule has 0 N–H and O–H groups in total. The molecular weight excluding hydrogens is 316 g/mol. The fraction of sp³-hybridized carbons (Fsp3) is 0.375. The smallest absolute Gasteiger partial charge is 0.112 e. The number of nitrogens with zero attached hydrogens (tertiary/aromatic N) is 2. The largest absolute Gasteiger partial charge is 0.335 e. The molecule has 2 heteroatoms. The van der Waals surface area contributed by atoms with Crippen LogP contribution < -0.4 is 0 Å². The Morgan fingerprint density at radius 2 is 1.62 bits per heavy atom. The minimum Gasteiger partial charge on any atom is -0.335 e. The minimum atomic E-state index is -0.00308. The van der Waals surface area contributed by atoms with Crippen molar-refractivity contribution in [2.24, 2.45) is 0 Å². The molecule has 0 saturated heterocycles. The van der Waals surface area contributed by atoms with Crippen LogP contribution in [0, 0.1) is 0 Å². The minimum absolute atomic E-state index is 0.00308. The van der Waals surface area contributed by atoms with Gasteiger partial charge in [0.1, 0.15) is 5.82 Å². The van der Waals surface area contributed by atoms with Crippen molar-refractivity contribution in [3.05, 3.63) is 90.0 Å². The van der Waals surface area contributed by atoms with Gasteiger partial charge < -0.3 is 4.57 Å². The van der Waals surface area contributed by atoms with Gasteiger partial charge in [-0.05, 0) is 30.9 Å². The molecule has 0 amide bonds. The molecular formula is C24H30N2. The quantitative estimate of drug-likeness (QED) is 0.490. The molecule has 26 heavy (non-hydrogen) atoms. The number of hydrogen-bond acceptors (Lipinski definition) is 1. The normalized spacial score (nSPS) is 14.7. The first-order chi connectivity index (χ1) is 12.7. The Hall–Kier alpha value is -2.35. The summed E-state index contributed by atoms with van der Waals surface area (Å²) in [5.74, 6) is 1.60. The molecule has 1 aromatic heterocycles. The second-order valence-corrected chi connectivity index (χ2v) is 7.36. The van der Waals surface area contributed by atoms with Crippen molar-refractivity contribution in [3.63, 3.8) is 0 Å². The first-order valence-corrected chi connectivity index (χ1v) is 9.79. The number of aromatic nitrogens is 2. The first kappa shape index (κ1) is 18.4. The lowest BCUT2D eigenvalue weighted by Crippen LogP contribution is -2.35. The summed E-state index contributed by atoms with van der Waals surface area (Å²) in [6, 6.07) is 21.9. The van der Waals surface area contributed by atoms with E-state index in [4.69, 9.17) is 4.98 Å². The van der Waals surface area contributed by atoms with Crippen LogP contribution in [0.1, 0.15) is 56.5 Å². The summed E-state index contributed by atoms with van der Waals surface area (Å²) in [6.45, 7) is 7.86. The average Bonchev–Trinajstić information content (AvgIpc) is 3.15. The summed E-state index contributed by atoms with van der Waals surface area (Å²) in [6.07, 6.45) is 7.37. The molecule has 0 aliphatic carbocycles. The molecule has 2 aromatic carbocycles. The number of aryl methyl sites for hydroxylation is 1. The summed E-state index contributed by atoms with van der Waals surface area (Å²) in [7, 11) is 0. The SMILES string of the molecule is CCCC(c1nccn1CC)C(C)(Cc1ccccc1)c1ccccc1. The maximum Gasteiger partial charge on any atom is 0.112 e. The number of rotatable bonds is 8. The van der Waals surface area contributed by atoms with Crippen molar-refractivity contribution in [3.8, 4) is 0 Å². The van der Waals surface area contributed by atoms with E-state index < -0.39 is 0 Å². The Morgan fingerprint density at radius 3 is 2.23 bits per heavy atom. The van der Waals surface area contributed by atoms with Crippen LogP contribution in [0.25, 0.3) is 0 Å². The topological polar surface area (TPSA) is 17.8 Å². The van der Waals surface area contributed by atoms with E-state index in [2.05, 4.69) is 92.2 Å². The number of imidazole rings is 1. The highest BCUT2D eigenvalue weighted by Crippen LogP contribution is 2.43. The molecule has 1 heterocycles. The zero-order valence-corrected chi connectivity index (χ0v) is 16.2. The van der Waals surface area contributed by atoms with Gasteiger partial charge in [-0.1, -0.05) is 80.9 Å². The maximum absolute atomic E-state index is 4.80. The van der Waals surface area contributed by atoms with E-state index in [-0.39, 0.29) is 5.41 Å². The molecule has 2 nitrogen and oxygen atoms in total. The van der Waals surface area contributed by atoms with Crippen molar-refractivity contribution >= 4 is 0 Å². The van der Waals surface area contributed by atoms with E-state index in [9.17, 15) is 0 Å². The average molecular weight is 347 g/mol. The predicted molar refractivity (Wildman–Crippen MR) is 109 cm³/mol. The molecule has 0 bridgehead atoms. The van der Waals surface area contributed by atoms with E-state index >= 15 is 0 Å². The Balaban J connectivity index is 2.11. The van der Waals surface area contributed by atoms with Gasteiger partial charge in [-0.2, -0.15) is 0 Å². The third-order valence-electron chi connectivity index (χ3n) is 5.59. The molecule has 0 aliphatic rings. The van der Waals surface area contributed by atoms with Crippen LogP contribution in [0.15, 0.2) is 73.1 Å². The highest BCUT2D eigenvalue weighted by molar-refractivity contribution is 5.33. The Kier molecular flexibility index (Phi) is 5.92. The van der Waals surface area contributed by atoms with E-state index in [1.165, 1.54) is 17.0 Å². The third-order valence-corrected chi connectivity index (χ3v) is 5.59. The van der Waals surface area contributed by atoms with Crippen molar-refractivity contribution in [2.75, 3.05) is 0 Å². The van der Waals surface area contributed by atoms with Crippen molar-refractivity contribution in [2.45, 2.75) is 57.9 Å². The summed E-state index contributed by atoms with van der Waals surface area (Å²) in [5.41, 5.74) is 2.78. The van der Waals surface area contributed by atoms with Crippen LogP contribution in [0.2, 0.25) is 0 Å². The van der Waals surface area contributed by atoms with Crippen molar-refractivity contribution in [1.82, 2.24) is 9.55 Å². The van der Waals surface area contributed by atoms with Crippen LogP contribution >= 0.6 is 0 Å². The summed E-state index contributed by atoms with van der Waals surface area (Å²) >= 11 is 0. The van der Waals surface area contributed by atoms with E-state index in [0.29, 0.717) is 5.92 Å². The van der Waals surface area contributed by atoms with Gasteiger partial charge in [-0.15, -0.1) is 0 Å². The summed E-state index contributed by atoms with van der Waals surface area (Å²) in [5, 5.41) is 0. The first-order valence-electron chi connectivity index (χ1n) is 9.79. The molecule has 0 radical (unpaired) electrons. The van der Waals surface area contributed by atoms with Gasteiger partial charge >= 0.3 is 0 Å². The monoisotopic (exact) mass is 346 g/mol. The highest BCUT2D eigenvalue weighted by atomic mass is 15.1. The van der Waals surface area contributed by atoms with Gasteiger partial charge in [0.2, 0.25) is 0 Å². The van der Waals surface area contributed by atoms with Gasteiger partial charge in [0, 0.05) is 30.3 Å². The number of hydrogen-bond donors (Lipinski definition) is 0. The fourth-order valence-corrected chi connectivity index (χ4v) is 4.18. The predicted octanol–water partition coefficient (Wildman–Crippen LogP) is 5.99. The van der Waals surface area contributed by atoms with Gasteiger partial charge in [0.15, 0.2) is 0 Å². The zero-order valence-electron chi connectivity index (χ0n) is 16.2. The Labute approximate surface area is 157 Å². The van der Waals surface area contributed by atoms with Gasteiger partial charge in [-0.25, -0.2) is 4.98 Å². The molecule has 136 valence electrons. The molecule has 0 aliphatic heterocycles. The second kappa shape index (κ2) is 8.35. The lowest BCUT2D eigenvalue weighted by Gasteiger charge is -2.38. The van der Waals surface area contributed by atoms with Crippen LogP contribution in [-0.4, -0.2) is 9.55 Å². The molecule has 2 unspecified atom stereocenters. The molecule has 0 spiro atoms. The van der Waals surface area contributed by atoms with Crippen LogP contribution in [0.5, 0.6) is 0 Å². The van der Waals surface area contributed by atoms with Crippen LogP contribution in [0.3, 0.4) is 0 Å². The maximum atomic E-state index is 4.80. The van der Waals surface area contributed by atoms with E-state index in [0.717, 1.165) is 25.8 Å². The molecule has 0 fully saturated rings. The zero-order chi connectivity index (χ0) is 18.4. The fourth-order valence-electron chi connectivity index (χ4n) is 4.18. The summed E-state index contributed by atoms with van der Waals surface area (Å²) < 4.78 is 2.31. The third kappa shape index (κ3) is 3.75. The molecule has 0 saturated carbocycles. The highest BCUT2D eigenvalue weighted by Gasteiger charge is 2.38. The molecule has 2 atom stereocenters. The van der Waals surface area contributed by atoms with Crippen LogP contribution in [0.4, 0.5) is 0 Å². The lowest BCUT2D eigenvalue weighted by atomic mass is 9.66. The van der Waals surface area contributed by atoms with Gasteiger partial charge in [0.25, 0.3) is 0 Å². The van der Waals surface area contributed by atoms with E-state index in [1.807, 2.05) is 6.20 Å². The summed E-state index contributed by atoms with van der Waals surface area (Å²) in [4.78, 5) is 4.80. The van der Waals surface area contributed by atoms with Crippen molar-refractivity contribution in [1.29, 1.82) is 0 Å². The molecule has 3 rings (SSSR count). The van der Waals surface area contributed by atoms with Crippen molar-refractivity contribution < 1.29 is 0 Å².